The minimum Gasteiger partial charge on any atom is -0.618 e. The van der Waals surface area contributed by atoms with Crippen LogP contribution in [0, 0.1) is 11.0 Å². The number of hydrogen-bond acceptors (Lipinski definition) is 7. The number of nitrogens with zero attached hydrogens (tertiary/aromatic N) is 10. The summed E-state index contributed by atoms with van der Waals surface area (Å²) in [5.74, 6) is -0.692. The molecule has 44 heavy (non-hydrogen) atoms. The Kier molecular flexibility index (Phi) is 7.08. The molecule has 2 aromatic carbocycles. The monoisotopic (exact) mass is 604 g/mol. The van der Waals surface area contributed by atoms with Crippen LogP contribution in [0.1, 0.15) is 11.7 Å². The minimum atomic E-state index is -0.692. The molecule has 7 aromatic rings. The first kappa shape index (κ1) is 27.1. The van der Waals surface area contributed by atoms with E-state index in [0.717, 1.165) is 27.1 Å². The molecule has 216 valence electrons. The van der Waals surface area contributed by atoms with Crippen LogP contribution in [0.5, 0.6) is 0 Å². The van der Waals surface area contributed by atoms with E-state index in [4.69, 9.17) is 16.7 Å². The molecule has 0 N–H and O–H groups in total. The summed E-state index contributed by atoms with van der Waals surface area (Å²) in [5.41, 5.74) is 4.69. The molecule has 13 heteroatoms. The highest BCUT2D eigenvalue weighted by Crippen LogP contribution is 2.33. The van der Waals surface area contributed by atoms with Crippen molar-refractivity contribution in [1.29, 1.82) is 0 Å². The van der Waals surface area contributed by atoms with Crippen molar-refractivity contribution in [2.24, 2.45) is 0 Å². The molecule has 0 fully saturated rings. The SMILES string of the molecule is [O-][n+]1cc(-c2c(-n3cnnn3)ccc(Cl)c2F)ccc1C(Cn1ccc(-c2ccccc2)n1)n1cc(-c2ccncc2)cn1. The van der Waals surface area contributed by atoms with Crippen LogP contribution in [0.15, 0.2) is 116 Å². The van der Waals surface area contributed by atoms with Gasteiger partial charge in [0.1, 0.15) is 6.33 Å². The summed E-state index contributed by atoms with van der Waals surface area (Å²) in [4.78, 5) is 4.09. The Morgan fingerprint density at radius 1 is 0.909 bits per heavy atom. The van der Waals surface area contributed by atoms with Crippen molar-refractivity contribution in [1.82, 2.24) is 44.8 Å². The lowest BCUT2D eigenvalue weighted by Gasteiger charge is -2.18. The van der Waals surface area contributed by atoms with Gasteiger partial charge in [0.25, 0.3) is 0 Å². The number of pyridine rings is 2. The van der Waals surface area contributed by atoms with Crippen LogP contribution in [0.25, 0.3) is 39.2 Å². The van der Waals surface area contributed by atoms with Gasteiger partial charge in [-0.15, -0.1) is 5.10 Å². The quantitative estimate of drug-likeness (QED) is 0.173. The Hall–Kier alpha value is -5.75. The zero-order valence-corrected chi connectivity index (χ0v) is 23.6. The van der Waals surface area contributed by atoms with Gasteiger partial charge in [0, 0.05) is 42.0 Å². The van der Waals surface area contributed by atoms with Gasteiger partial charge in [-0.3, -0.25) is 14.3 Å². The van der Waals surface area contributed by atoms with E-state index in [1.807, 2.05) is 60.9 Å². The van der Waals surface area contributed by atoms with E-state index in [1.165, 1.54) is 23.3 Å². The van der Waals surface area contributed by atoms with E-state index in [-0.39, 0.29) is 10.6 Å². The Morgan fingerprint density at radius 3 is 2.52 bits per heavy atom. The molecule has 5 aromatic heterocycles. The van der Waals surface area contributed by atoms with Crippen molar-refractivity contribution in [3.63, 3.8) is 0 Å². The lowest BCUT2D eigenvalue weighted by atomic mass is 10.0. The summed E-state index contributed by atoms with van der Waals surface area (Å²) in [6.07, 6.45) is 11.6. The zero-order chi connectivity index (χ0) is 30.0. The Morgan fingerprint density at radius 2 is 1.75 bits per heavy atom. The number of aromatic nitrogens is 10. The maximum Gasteiger partial charge on any atom is 0.219 e. The van der Waals surface area contributed by atoms with Gasteiger partial charge in [-0.25, -0.2) is 4.39 Å². The smallest absolute Gasteiger partial charge is 0.219 e. The first-order valence-electron chi connectivity index (χ1n) is 13.5. The lowest BCUT2D eigenvalue weighted by molar-refractivity contribution is -0.615. The lowest BCUT2D eigenvalue weighted by Crippen LogP contribution is -2.37. The summed E-state index contributed by atoms with van der Waals surface area (Å²) in [7, 11) is 0. The highest BCUT2D eigenvalue weighted by atomic mass is 35.5. The molecule has 0 aliphatic carbocycles. The van der Waals surface area contributed by atoms with Crippen LogP contribution >= 0.6 is 11.6 Å². The fraction of sp³-hybridized carbons (Fsp3) is 0.0645. The number of halogens is 2. The van der Waals surface area contributed by atoms with Crippen LogP contribution in [0.2, 0.25) is 5.02 Å². The molecule has 7 rings (SSSR count). The minimum absolute atomic E-state index is 0.0932. The molecule has 0 saturated heterocycles. The van der Waals surface area contributed by atoms with Crippen molar-refractivity contribution >= 4 is 11.6 Å². The molecule has 5 heterocycles. The molecule has 1 atom stereocenters. The maximum absolute atomic E-state index is 15.4. The molecular weight excluding hydrogens is 583 g/mol. The number of tetrazole rings is 1. The van der Waals surface area contributed by atoms with Crippen molar-refractivity contribution in [2.45, 2.75) is 12.6 Å². The molecule has 0 spiro atoms. The third-order valence-electron chi connectivity index (χ3n) is 7.25. The molecule has 1 unspecified atom stereocenters. The molecule has 0 aliphatic rings. The van der Waals surface area contributed by atoms with Gasteiger partial charge in [-0.2, -0.15) is 19.6 Å². The van der Waals surface area contributed by atoms with Gasteiger partial charge in [-0.1, -0.05) is 41.9 Å². The highest BCUT2D eigenvalue weighted by molar-refractivity contribution is 6.31. The normalized spacial score (nSPS) is 12.0. The molecule has 0 bridgehead atoms. The van der Waals surface area contributed by atoms with E-state index in [0.29, 0.717) is 23.5 Å². The Bertz CT molecular complexity index is 2050. The van der Waals surface area contributed by atoms with Crippen LogP contribution < -0.4 is 4.73 Å². The summed E-state index contributed by atoms with van der Waals surface area (Å²) in [6.45, 7) is 0.299. The van der Waals surface area contributed by atoms with Crippen molar-refractivity contribution in [3.8, 4) is 39.2 Å². The zero-order valence-electron chi connectivity index (χ0n) is 22.9. The second kappa shape index (κ2) is 11.5. The van der Waals surface area contributed by atoms with Gasteiger partial charge in [0.15, 0.2) is 18.1 Å². The molecular formula is C31H22ClFN10O. The van der Waals surface area contributed by atoms with Gasteiger partial charge in [-0.05, 0) is 52.4 Å². The maximum atomic E-state index is 15.4. The summed E-state index contributed by atoms with van der Waals surface area (Å²) in [6, 6.07) is 21.3. The third-order valence-corrected chi connectivity index (χ3v) is 7.54. The molecule has 0 saturated carbocycles. The first-order chi connectivity index (χ1) is 21.5. The van der Waals surface area contributed by atoms with Gasteiger partial charge < -0.3 is 5.21 Å². The Balaban J connectivity index is 1.30. The largest absolute Gasteiger partial charge is 0.618 e. The highest BCUT2D eigenvalue weighted by Gasteiger charge is 2.27. The van der Waals surface area contributed by atoms with Crippen LogP contribution in [0.4, 0.5) is 4.39 Å². The van der Waals surface area contributed by atoms with E-state index < -0.39 is 11.9 Å². The van der Waals surface area contributed by atoms with Crippen LogP contribution in [-0.2, 0) is 6.54 Å². The van der Waals surface area contributed by atoms with Gasteiger partial charge in [0.05, 0.1) is 40.3 Å². The Labute approximate surface area is 255 Å². The standard InChI is InChI=1S/C31H22ClFN10O/c32-25-7-9-28(42-20-35-38-39-42)30(31(25)33)23-6-8-27(43(44)18-23)29(41-17-24(16-36-41)21-10-13-34-14-11-21)19-40-15-12-26(37-40)22-4-2-1-3-5-22/h1-18,20,29H,19H2. The predicted octanol–water partition coefficient (Wildman–Crippen LogP) is 5.17. The predicted molar refractivity (Wildman–Crippen MR) is 160 cm³/mol. The number of benzene rings is 2. The fourth-order valence-electron chi connectivity index (χ4n) is 5.09. The van der Waals surface area contributed by atoms with E-state index in [2.05, 4.69) is 25.6 Å². The van der Waals surface area contributed by atoms with Crippen molar-refractivity contribution in [3.05, 3.63) is 138 Å². The van der Waals surface area contributed by atoms with Crippen molar-refractivity contribution in [2.75, 3.05) is 0 Å². The molecule has 0 amide bonds. The fourth-order valence-corrected chi connectivity index (χ4v) is 5.25. The second-order valence-electron chi connectivity index (χ2n) is 9.93. The summed E-state index contributed by atoms with van der Waals surface area (Å²) in [5, 5.41) is 34.2. The topological polar surface area (TPSA) is 119 Å². The van der Waals surface area contributed by atoms with E-state index in [1.54, 1.807) is 46.2 Å². The molecule has 11 nitrogen and oxygen atoms in total. The summed E-state index contributed by atoms with van der Waals surface area (Å²) < 4.78 is 21.0. The van der Waals surface area contributed by atoms with Gasteiger partial charge in [0.2, 0.25) is 5.69 Å². The second-order valence-corrected chi connectivity index (χ2v) is 10.3. The average molecular weight is 605 g/mol. The summed E-state index contributed by atoms with van der Waals surface area (Å²) >= 11 is 6.14. The van der Waals surface area contributed by atoms with E-state index >= 15 is 4.39 Å². The van der Waals surface area contributed by atoms with Crippen molar-refractivity contribution < 1.29 is 9.12 Å². The van der Waals surface area contributed by atoms with Crippen LogP contribution in [0.3, 0.4) is 0 Å². The first-order valence-corrected chi connectivity index (χ1v) is 13.9. The van der Waals surface area contributed by atoms with Gasteiger partial charge >= 0.3 is 0 Å². The average Bonchev–Trinajstić information content (AvgIpc) is 3.85. The third kappa shape index (κ3) is 5.18. The number of rotatable bonds is 8. The molecule has 0 aliphatic heterocycles. The molecule has 0 radical (unpaired) electrons. The van der Waals surface area contributed by atoms with E-state index in [9.17, 15) is 5.21 Å². The number of hydrogen-bond donors (Lipinski definition) is 0. The van der Waals surface area contributed by atoms with Crippen LogP contribution in [-0.4, -0.2) is 44.8 Å².